The molecule has 1 fully saturated rings. The van der Waals surface area contributed by atoms with Gasteiger partial charge in [-0.1, -0.05) is 36.4 Å². The van der Waals surface area contributed by atoms with Gasteiger partial charge < -0.3 is 20.7 Å². The van der Waals surface area contributed by atoms with Crippen LogP contribution in [0, 0.1) is 0 Å². The predicted octanol–water partition coefficient (Wildman–Crippen LogP) is 2.19. The van der Waals surface area contributed by atoms with Crippen LogP contribution in [0.2, 0.25) is 0 Å². The van der Waals surface area contributed by atoms with Crippen molar-refractivity contribution in [3.8, 4) is 0 Å². The number of fused-ring (bicyclic) bond motifs is 1. The van der Waals surface area contributed by atoms with E-state index >= 15 is 0 Å². The van der Waals surface area contributed by atoms with Crippen molar-refractivity contribution in [3.05, 3.63) is 70.8 Å². The molecule has 134 valence electrons. The first-order chi connectivity index (χ1) is 12.6. The average Bonchev–Trinajstić information content (AvgIpc) is 3.29. The van der Waals surface area contributed by atoms with Crippen LogP contribution >= 0.6 is 0 Å². The molecule has 0 bridgehead atoms. The van der Waals surface area contributed by atoms with Gasteiger partial charge in [0.25, 0.3) is 5.91 Å². The van der Waals surface area contributed by atoms with Gasteiger partial charge in [-0.15, -0.1) is 0 Å². The summed E-state index contributed by atoms with van der Waals surface area (Å²) in [6, 6.07) is 14.7. The predicted molar refractivity (Wildman–Crippen MR) is 96.5 cm³/mol. The molecule has 0 spiro atoms. The molecule has 3 N–H and O–H groups in total. The van der Waals surface area contributed by atoms with Crippen molar-refractivity contribution in [2.24, 2.45) is 5.73 Å². The molecule has 6 nitrogen and oxygen atoms in total. The van der Waals surface area contributed by atoms with E-state index in [1.165, 1.54) is 0 Å². The van der Waals surface area contributed by atoms with Crippen molar-refractivity contribution in [3.63, 3.8) is 0 Å². The highest BCUT2D eigenvalue weighted by Crippen LogP contribution is 2.38. The summed E-state index contributed by atoms with van der Waals surface area (Å²) in [5, 5.41) is 2.98. The van der Waals surface area contributed by atoms with Crippen molar-refractivity contribution < 1.29 is 14.3 Å². The minimum atomic E-state index is -0.450. The maximum atomic E-state index is 12.4. The number of rotatable bonds is 3. The van der Waals surface area contributed by atoms with Gasteiger partial charge in [0, 0.05) is 18.7 Å². The number of benzene rings is 2. The van der Waals surface area contributed by atoms with Crippen LogP contribution < -0.4 is 11.1 Å². The Morgan fingerprint density at radius 3 is 2.58 bits per heavy atom. The highest BCUT2D eigenvalue weighted by atomic mass is 16.5. The summed E-state index contributed by atoms with van der Waals surface area (Å²) in [5.41, 5.74) is 9.29. The molecule has 3 amide bonds. The minimum Gasteiger partial charge on any atom is -0.379 e. The van der Waals surface area contributed by atoms with Gasteiger partial charge >= 0.3 is 6.03 Å². The van der Waals surface area contributed by atoms with E-state index in [1.807, 2.05) is 36.4 Å². The maximum Gasteiger partial charge on any atom is 0.315 e. The first-order valence-electron chi connectivity index (χ1n) is 8.76. The zero-order valence-corrected chi connectivity index (χ0v) is 14.4. The Balaban J connectivity index is 1.57. The molecule has 2 aromatic rings. The molecule has 26 heavy (non-hydrogen) atoms. The molecular formula is C20H21N3O3. The summed E-state index contributed by atoms with van der Waals surface area (Å²) < 4.78 is 5.28. The van der Waals surface area contributed by atoms with Crippen molar-refractivity contribution in [2.75, 3.05) is 13.2 Å². The van der Waals surface area contributed by atoms with Crippen LogP contribution in [-0.2, 0) is 11.3 Å². The number of urea groups is 1. The second kappa shape index (κ2) is 6.80. The Hall–Kier alpha value is -2.86. The van der Waals surface area contributed by atoms with Crippen LogP contribution in [0.3, 0.4) is 0 Å². The van der Waals surface area contributed by atoms with Crippen LogP contribution in [-0.4, -0.2) is 36.1 Å². The van der Waals surface area contributed by atoms with Gasteiger partial charge in [-0.2, -0.15) is 0 Å². The molecule has 2 aliphatic heterocycles. The first kappa shape index (κ1) is 16.6. The monoisotopic (exact) mass is 351 g/mol. The quantitative estimate of drug-likeness (QED) is 0.889. The number of carbonyl (C=O) groups is 2. The number of ether oxygens (including phenoxy) is 1. The first-order valence-corrected chi connectivity index (χ1v) is 8.76. The van der Waals surface area contributed by atoms with Crippen LogP contribution in [0.5, 0.6) is 0 Å². The molecule has 1 unspecified atom stereocenters. The fourth-order valence-corrected chi connectivity index (χ4v) is 3.69. The lowest BCUT2D eigenvalue weighted by Crippen LogP contribution is -2.35. The number of nitrogens with one attached hydrogen (secondary N) is 1. The van der Waals surface area contributed by atoms with Crippen LogP contribution in [0.4, 0.5) is 4.79 Å². The highest BCUT2D eigenvalue weighted by Gasteiger charge is 2.33. The highest BCUT2D eigenvalue weighted by molar-refractivity contribution is 5.94. The molecule has 2 atom stereocenters. The van der Waals surface area contributed by atoms with Crippen molar-refractivity contribution in [2.45, 2.75) is 25.0 Å². The lowest BCUT2D eigenvalue weighted by molar-refractivity contribution is 0.0930. The van der Waals surface area contributed by atoms with Crippen LogP contribution in [0.1, 0.15) is 39.5 Å². The Labute approximate surface area is 151 Å². The summed E-state index contributed by atoms with van der Waals surface area (Å²) >= 11 is 0. The lowest BCUT2D eigenvalue weighted by Gasteiger charge is -2.24. The molecule has 0 aromatic heterocycles. The third-order valence-corrected chi connectivity index (χ3v) is 5.04. The molecule has 2 heterocycles. The molecule has 0 aliphatic carbocycles. The smallest absolute Gasteiger partial charge is 0.315 e. The topological polar surface area (TPSA) is 84.7 Å². The molecule has 2 aliphatic rings. The number of primary amides is 1. The molecule has 4 rings (SSSR count). The number of nitrogens with zero attached hydrogens (tertiary/aromatic N) is 1. The van der Waals surface area contributed by atoms with E-state index in [4.69, 9.17) is 10.5 Å². The van der Waals surface area contributed by atoms with Crippen LogP contribution in [0.25, 0.3) is 0 Å². The Kier molecular flexibility index (Phi) is 4.34. The number of nitrogens with two attached hydrogens (primary N) is 1. The number of hydrogen-bond donors (Lipinski definition) is 2. The number of amides is 3. The Bertz CT molecular complexity index is 828. The summed E-state index contributed by atoms with van der Waals surface area (Å²) in [6.07, 6.45) is 0.844. The fraction of sp³-hybridized carbons (Fsp3) is 0.300. The summed E-state index contributed by atoms with van der Waals surface area (Å²) in [6.45, 7) is 1.75. The summed E-state index contributed by atoms with van der Waals surface area (Å²) in [4.78, 5) is 25.9. The zero-order valence-electron chi connectivity index (χ0n) is 14.4. The van der Waals surface area contributed by atoms with E-state index in [0.29, 0.717) is 25.3 Å². The van der Waals surface area contributed by atoms with Gasteiger partial charge in [0.2, 0.25) is 0 Å². The minimum absolute atomic E-state index is 0.0780. The third-order valence-electron chi connectivity index (χ3n) is 5.04. The SMILES string of the molecule is NC(=O)N1Cc2ccccc2C1c1ccc(C(=O)N[C@H]2CCOC2)cc1. The molecule has 0 saturated carbocycles. The van der Waals surface area contributed by atoms with E-state index in [1.54, 1.807) is 17.0 Å². The summed E-state index contributed by atoms with van der Waals surface area (Å²) in [7, 11) is 0. The number of hydrogen-bond acceptors (Lipinski definition) is 3. The standard InChI is InChI=1S/C20H21N3O3/c21-20(25)23-11-15-3-1-2-4-17(15)18(23)13-5-7-14(8-6-13)19(24)22-16-9-10-26-12-16/h1-8,16,18H,9-12H2,(H2,21,25)(H,22,24)/t16-,18?/m0/s1. The van der Waals surface area contributed by atoms with E-state index in [9.17, 15) is 9.59 Å². The fourth-order valence-electron chi connectivity index (χ4n) is 3.69. The Morgan fingerprint density at radius 2 is 1.88 bits per heavy atom. The second-order valence-electron chi connectivity index (χ2n) is 6.72. The van der Waals surface area contributed by atoms with Gasteiger partial charge in [-0.05, 0) is 35.2 Å². The summed E-state index contributed by atoms with van der Waals surface area (Å²) in [5.74, 6) is -0.106. The molecule has 6 heteroatoms. The van der Waals surface area contributed by atoms with E-state index in [0.717, 1.165) is 23.1 Å². The van der Waals surface area contributed by atoms with Crippen molar-refractivity contribution >= 4 is 11.9 Å². The number of carbonyl (C=O) groups excluding carboxylic acids is 2. The molecule has 0 radical (unpaired) electrons. The molecule has 2 aromatic carbocycles. The Morgan fingerprint density at radius 1 is 1.12 bits per heavy atom. The third kappa shape index (κ3) is 3.04. The van der Waals surface area contributed by atoms with Gasteiger partial charge in [-0.3, -0.25) is 4.79 Å². The molecule has 1 saturated heterocycles. The van der Waals surface area contributed by atoms with Crippen LogP contribution in [0.15, 0.2) is 48.5 Å². The van der Waals surface area contributed by atoms with E-state index in [-0.39, 0.29) is 18.0 Å². The van der Waals surface area contributed by atoms with Gasteiger partial charge in [0.1, 0.15) is 0 Å². The largest absolute Gasteiger partial charge is 0.379 e. The maximum absolute atomic E-state index is 12.4. The molecular weight excluding hydrogens is 330 g/mol. The van der Waals surface area contributed by atoms with Crippen molar-refractivity contribution in [1.82, 2.24) is 10.2 Å². The average molecular weight is 351 g/mol. The lowest BCUT2D eigenvalue weighted by atomic mass is 9.97. The van der Waals surface area contributed by atoms with E-state index < -0.39 is 6.03 Å². The van der Waals surface area contributed by atoms with Crippen molar-refractivity contribution in [1.29, 1.82) is 0 Å². The zero-order chi connectivity index (χ0) is 18.1. The van der Waals surface area contributed by atoms with E-state index in [2.05, 4.69) is 5.32 Å². The normalized spacial score (nSPS) is 21.5. The van der Waals surface area contributed by atoms with Gasteiger partial charge in [-0.25, -0.2) is 4.79 Å². The van der Waals surface area contributed by atoms with Gasteiger partial charge in [0.05, 0.1) is 18.7 Å². The second-order valence-corrected chi connectivity index (χ2v) is 6.72. The van der Waals surface area contributed by atoms with Gasteiger partial charge in [0.15, 0.2) is 0 Å².